The SMILES string of the molecule is Cc1cccc([C@H]2CCC(=O)N2C)c1. The van der Waals surface area contributed by atoms with E-state index in [0.717, 1.165) is 6.42 Å². The first-order valence-corrected chi connectivity index (χ1v) is 5.00. The largest absolute Gasteiger partial charge is 0.339 e. The Morgan fingerprint density at radius 3 is 2.79 bits per heavy atom. The third kappa shape index (κ3) is 1.52. The number of hydrogen-bond acceptors (Lipinski definition) is 1. The Kier molecular flexibility index (Phi) is 2.28. The Balaban J connectivity index is 2.28. The Morgan fingerprint density at radius 1 is 1.43 bits per heavy atom. The summed E-state index contributed by atoms with van der Waals surface area (Å²) in [7, 11) is 1.89. The van der Waals surface area contributed by atoms with Crippen LogP contribution >= 0.6 is 0 Å². The highest BCUT2D eigenvalue weighted by Crippen LogP contribution is 2.31. The maximum Gasteiger partial charge on any atom is 0.222 e. The average molecular weight is 189 g/mol. The Labute approximate surface area is 84.5 Å². The van der Waals surface area contributed by atoms with Crippen LogP contribution in [0.15, 0.2) is 24.3 Å². The van der Waals surface area contributed by atoms with Crippen molar-refractivity contribution in [2.75, 3.05) is 7.05 Å². The summed E-state index contributed by atoms with van der Waals surface area (Å²) in [6, 6.07) is 8.70. The molecule has 0 bridgehead atoms. The van der Waals surface area contributed by atoms with Gasteiger partial charge in [-0.05, 0) is 18.9 Å². The molecule has 1 heterocycles. The monoisotopic (exact) mass is 189 g/mol. The van der Waals surface area contributed by atoms with Gasteiger partial charge < -0.3 is 4.90 Å². The van der Waals surface area contributed by atoms with E-state index in [2.05, 4.69) is 31.2 Å². The van der Waals surface area contributed by atoms with Crippen LogP contribution in [-0.2, 0) is 4.79 Å². The van der Waals surface area contributed by atoms with Gasteiger partial charge in [-0.2, -0.15) is 0 Å². The zero-order valence-corrected chi connectivity index (χ0v) is 8.66. The van der Waals surface area contributed by atoms with Crippen molar-refractivity contribution in [3.05, 3.63) is 35.4 Å². The molecule has 1 fully saturated rings. The number of hydrogen-bond donors (Lipinski definition) is 0. The van der Waals surface area contributed by atoms with Crippen LogP contribution in [0.4, 0.5) is 0 Å². The maximum absolute atomic E-state index is 11.4. The van der Waals surface area contributed by atoms with Crippen molar-refractivity contribution in [3.63, 3.8) is 0 Å². The highest BCUT2D eigenvalue weighted by Gasteiger charge is 2.28. The molecule has 1 aliphatic rings. The second-order valence-corrected chi connectivity index (χ2v) is 3.97. The molecule has 2 rings (SSSR count). The van der Waals surface area contributed by atoms with Gasteiger partial charge in [-0.1, -0.05) is 29.8 Å². The van der Waals surface area contributed by atoms with E-state index in [1.54, 1.807) is 0 Å². The molecule has 1 atom stereocenters. The summed E-state index contributed by atoms with van der Waals surface area (Å²) in [4.78, 5) is 13.2. The van der Waals surface area contributed by atoms with E-state index < -0.39 is 0 Å². The lowest BCUT2D eigenvalue weighted by Gasteiger charge is -2.20. The first-order chi connectivity index (χ1) is 6.68. The normalized spacial score (nSPS) is 21.7. The number of carbonyl (C=O) groups is 1. The van der Waals surface area contributed by atoms with Crippen molar-refractivity contribution in [2.45, 2.75) is 25.8 Å². The molecule has 74 valence electrons. The van der Waals surface area contributed by atoms with Crippen molar-refractivity contribution >= 4 is 5.91 Å². The van der Waals surface area contributed by atoms with Crippen molar-refractivity contribution in [3.8, 4) is 0 Å². The van der Waals surface area contributed by atoms with E-state index in [1.165, 1.54) is 11.1 Å². The smallest absolute Gasteiger partial charge is 0.222 e. The van der Waals surface area contributed by atoms with E-state index in [4.69, 9.17) is 0 Å². The Bertz CT molecular complexity index is 359. The molecule has 1 saturated heterocycles. The van der Waals surface area contributed by atoms with Crippen LogP contribution in [0.5, 0.6) is 0 Å². The second kappa shape index (κ2) is 3.45. The van der Waals surface area contributed by atoms with Crippen LogP contribution in [0.1, 0.15) is 30.0 Å². The van der Waals surface area contributed by atoms with E-state index in [0.29, 0.717) is 12.5 Å². The van der Waals surface area contributed by atoms with Gasteiger partial charge in [-0.15, -0.1) is 0 Å². The Morgan fingerprint density at radius 2 is 2.21 bits per heavy atom. The fraction of sp³-hybridized carbons (Fsp3) is 0.417. The zero-order chi connectivity index (χ0) is 10.1. The summed E-state index contributed by atoms with van der Waals surface area (Å²) < 4.78 is 0. The summed E-state index contributed by atoms with van der Waals surface area (Å²) in [5, 5.41) is 0. The minimum Gasteiger partial charge on any atom is -0.339 e. The average Bonchev–Trinajstić information content (AvgIpc) is 2.48. The minimum absolute atomic E-state index is 0.261. The van der Waals surface area contributed by atoms with Gasteiger partial charge in [0.15, 0.2) is 0 Å². The topological polar surface area (TPSA) is 20.3 Å². The molecule has 2 heteroatoms. The standard InChI is InChI=1S/C12H15NO/c1-9-4-3-5-10(8-9)11-6-7-12(14)13(11)2/h3-5,8,11H,6-7H2,1-2H3/t11-/m1/s1. The van der Waals surface area contributed by atoms with Crippen molar-refractivity contribution in [1.82, 2.24) is 4.90 Å². The highest BCUT2D eigenvalue weighted by molar-refractivity contribution is 5.78. The molecule has 0 aromatic heterocycles. The van der Waals surface area contributed by atoms with Gasteiger partial charge >= 0.3 is 0 Å². The molecular formula is C12H15NO. The molecule has 0 N–H and O–H groups in total. The van der Waals surface area contributed by atoms with Crippen LogP contribution in [-0.4, -0.2) is 17.9 Å². The quantitative estimate of drug-likeness (QED) is 0.663. The first kappa shape index (κ1) is 9.25. The number of carbonyl (C=O) groups excluding carboxylic acids is 1. The van der Waals surface area contributed by atoms with Gasteiger partial charge in [0.1, 0.15) is 0 Å². The van der Waals surface area contributed by atoms with Gasteiger partial charge in [-0.25, -0.2) is 0 Å². The summed E-state index contributed by atoms with van der Waals surface area (Å²) in [6.07, 6.45) is 1.65. The van der Waals surface area contributed by atoms with Crippen molar-refractivity contribution < 1.29 is 4.79 Å². The van der Waals surface area contributed by atoms with E-state index >= 15 is 0 Å². The first-order valence-electron chi connectivity index (χ1n) is 5.00. The zero-order valence-electron chi connectivity index (χ0n) is 8.66. The van der Waals surface area contributed by atoms with Crippen LogP contribution in [0.3, 0.4) is 0 Å². The molecule has 1 aromatic carbocycles. The van der Waals surface area contributed by atoms with E-state index in [9.17, 15) is 4.79 Å². The molecule has 0 saturated carbocycles. The number of benzene rings is 1. The van der Waals surface area contributed by atoms with E-state index in [-0.39, 0.29) is 5.91 Å². The molecule has 1 amide bonds. The summed E-state index contributed by atoms with van der Waals surface area (Å²) in [5.74, 6) is 0.261. The summed E-state index contributed by atoms with van der Waals surface area (Å²) >= 11 is 0. The van der Waals surface area contributed by atoms with Gasteiger partial charge in [0.05, 0.1) is 6.04 Å². The Hall–Kier alpha value is -1.31. The molecule has 2 nitrogen and oxygen atoms in total. The van der Waals surface area contributed by atoms with Crippen LogP contribution in [0.25, 0.3) is 0 Å². The molecule has 14 heavy (non-hydrogen) atoms. The fourth-order valence-electron chi connectivity index (χ4n) is 2.07. The fourth-order valence-corrected chi connectivity index (χ4v) is 2.07. The molecule has 0 radical (unpaired) electrons. The van der Waals surface area contributed by atoms with Crippen molar-refractivity contribution in [2.24, 2.45) is 0 Å². The van der Waals surface area contributed by atoms with Crippen molar-refractivity contribution in [1.29, 1.82) is 0 Å². The number of rotatable bonds is 1. The molecule has 1 aliphatic heterocycles. The number of amides is 1. The molecular weight excluding hydrogens is 174 g/mol. The maximum atomic E-state index is 11.4. The van der Waals surface area contributed by atoms with Crippen LogP contribution in [0, 0.1) is 6.92 Å². The summed E-state index contributed by atoms with van der Waals surface area (Å²) in [5.41, 5.74) is 2.52. The van der Waals surface area contributed by atoms with Gasteiger partial charge in [-0.3, -0.25) is 4.79 Å². The second-order valence-electron chi connectivity index (χ2n) is 3.97. The third-order valence-electron chi connectivity index (χ3n) is 2.92. The summed E-state index contributed by atoms with van der Waals surface area (Å²) in [6.45, 7) is 2.08. The number of aryl methyl sites for hydroxylation is 1. The van der Waals surface area contributed by atoms with Crippen LogP contribution in [0.2, 0.25) is 0 Å². The predicted octanol–water partition coefficient (Wildman–Crippen LogP) is 2.29. The van der Waals surface area contributed by atoms with E-state index in [1.807, 2.05) is 11.9 Å². The lowest BCUT2D eigenvalue weighted by molar-refractivity contribution is -0.127. The molecule has 0 aliphatic carbocycles. The lowest BCUT2D eigenvalue weighted by atomic mass is 10.0. The van der Waals surface area contributed by atoms with Gasteiger partial charge in [0.2, 0.25) is 5.91 Å². The van der Waals surface area contributed by atoms with Crippen LogP contribution < -0.4 is 0 Å². The molecule has 0 unspecified atom stereocenters. The number of nitrogens with zero attached hydrogens (tertiary/aromatic N) is 1. The minimum atomic E-state index is 0.261. The van der Waals surface area contributed by atoms with Gasteiger partial charge in [0.25, 0.3) is 0 Å². The lowest BCUT2D eigenvalue weighted by Crippen LogP contribution is -2.22. The highest BCUT2D eigenvalue weighted by atomic mass is 16.2. The number of likely N-dealkylation sites (tertiary alicyclic amines) is 1. The van der Waals surface area contributed by atoms with Gasteiger partial charge in [0, 0.05) is 13.5 Å². The predicted molar refractivity (Wildman–Crippen MR) is 55.9 cm³/mol. The third-order valence-corrected chi connectivity index (χ3v) is 2.92. The molecule has 0 spiro atoms. The molecule has 1 aromatic rings.